The topological polar surface area (TPSA) is 154 Å². The van der Waals surface area contributed by atoms with E-state index in [-0.39, 0.29) is 5.96 Å². The summed E-state index contributed by atoms with van der Waals surface area (Å²) in [4.78, 5) is 15.3. The molecule has 0 bridgehead atoms. The maximum Gasteiger partial charge on any atom is 0.276 e. The third-order valence-electron chi connectivity index (χ3n) is 2.68. The van der Waals surface area contributed by atoms with Gasteiger partial charge in [-0.05, 0) is 18.2 Å². The molecule has 0 aromatic heterocycles. The van der Waals surface area contributed by atoms with Crippen molar-refractivity contribution in [3.05, 3.63) is 29.3 Å². The molecule has 1 aromatic carbocycles. The van der Waals surface area contributed by atoms with Gasteiger partial charge in [-0.15, -0.1) is 0 Å². The Morgan fingerprint density at radius 1 is 1.38 bits per heavy atom. The fourth-order valence-corrected chi connectivity index (χ4v) is 1.77. The highest BCUT2D eigenvalue weighted by Crippen LogP contribution is 2.30. The van der Waals surface area contributed by atoms with E-state index in [1.165, 1.54) is 0 Å². The summed E-state index contributed by atoms with van der Waals surface area (Å²) in [5.74, 6) is 0.691. The summed E-state index contributed by atoms with van der Waals surface area (Å²) in [5.41, 5.74) is 11.7. The number of carbonyl (C=O) groups is 1. The molecule has 0 atom stereocenters. The van der Waals surface area contributed by atoms with Crippen LogP contribution in [-0.4, -0.2) is 44.8 Å². The number of nitrogens with zero attached hydrogens (tertiary/aromatic N) is 1. The summed E-state index contributed by atoms with van der Waals surface area (Å²) in [6.07, 6.45) is 2.90. The molecule has 10 heteroatoms. The van der Waals surface area contributed by atoms with Crippen molar-refractivity contribution in [2.45, 2.75) is 6.42 Å². The molecule has 132 valence electrons. The molecule has 1 heterocycles. The molecule has 0 fully saturated rings. The number of guanidine groups is 1. The van der Waals surface area contributed by atoms with Gasteiger partial charge in [-0.2, -0.15) is 13.4 Å². The first-order valence-corrected chi connectivity index (χ1v) is 8.53. The number of methoxy groups -OCH3 is 1. The molecule has 0 saturated heterocycles. The third kappa shape index (κ3) is 7.11. The second-order valence-corrected chi connectivity index (χ2v) is 6.21. The monoisotopic (exact) mass is 357 g/mol. The van der Waals surface area contributed by atoms with Crippen LogP contribution in [0.1, 0.15) is 12.0 Å². The minimum absolute atomic E-state index is 0.244. The van der Waals surface area contributed by atoms with E-state index in [0.717, 1.165) is 5.56 Å². The van der Waals surface area contributed by atoms with E-state index in [9.17, 15) is 13.2 Å². The van der Waals surface area contributed by atoms with Crippen molar-refractivity contribution in [2.24, 2.45) is 16.5 Å². The Bertz CT molecular complexity index is 759. The molecule has 1 aromatic rings. The van der Waals surface area contributed by atoms with Crippen molar-refractivity contribution in [3.8, 4) is 11.5 Å². The van der Waals surface area contributed by atoms with Gasteiger partial charge >= 0.3 is 0 Å². The molecular weight excluding hydrogens is 338 g/mol. The van der Waals surface area contributed by atoms with Crippen molar-refractivity contribution in [2.75, 3.05) is 20.0 Å². The summed E-state index contributed by atoms with van der Waals surface area (Å²) >= 11 is 0. The van der Waals surface area contributed by atoms with Crippen molar-refractivity contribution in [3.63, 3.8) is 0 Å². The SMILES string of the molecule is COc1ccc2c(c1)OCCC(C(=O)N=C(N)N)=C2.CS(=O)(=O)O. The zero-order valence-electron chi connectivity index (χ0n) is 13.2. The number of aliphatic imine (C=N–C) groups is 1. The molecule has 9 nitrogen and oxygen atoms in total. The summed E-state index contributed by atoms with van der Waals surface area (Å²) in [5, 5.41) is 0. The zero-order valence-corrected chi connectivity index (χ0v) is 14.0. The molecule has 0 aliphatic carbocycles. The minimum Gasteiger partial charge on any atom is -0.497 e. The Morgan fingerprint density at radius 2 is 2.00 bits per heavy atom. The average molecular weight is 357 g/mol. The first kappa shape index (κ1) is 19.5. The standard InChI is InChI=1S/C13H15N3O3.CH4O3S/c1-18-10-3-2-8-6-9(12(17)16-13(14)15)4-5-19-11(8)7-10;1-5(2,3)4/h2-3,6-7H,4-5H2,1H3,(H4,14,15,16,17);1H3,(H,2,3,4). The maximum absolute atomic E-state index is 11.8. The largest absolute Gasteiger partial charge is 0.497 e. The number of carbonyl (C=O) groups excluding carboxylic acids is 1. The molecule has 1 aliphatic rings. The van der Waals surface area contributed by atoms with Crippen molar-refractivity contribution < 1.29 is 27.2 Å². The second kappa shape index (κ2) is 8.31. The van der Waals surface area contributed by atoms with Crippen molar-refractivity contribution >= 4 is 28.1 Å². The number of fused-ring (bicyclic) bond motifs is 1. The van der Waals surface area contributed by atoms with Gasteiger partial charge in [0.15, 0.2) is 5.96 Å². The van der Waals surface area contributed by atoms with E-state index in [1.54, 1.807) is 25.3 Å². The number of nitrogens with two attached hydrogens (primary N) is 2. The summed E-state index contributed by atoms with van der Waals surface area (Å²) in [7, 11) is -2.08. The van der Waals surface area contributed by atoms with E-state index in [1.807, 2.05) is 6.07 Å². The Labute approximate surface area is 139 Å². The van der Waals surface area contributed by atoms with E-state index in [0.29, 0.717) is 36.4 Å². The lowest BCUT2D eigenvalue weighted by Crippen LogP contribution is -2.24. The number of hydrogen-bond acceptors (Lipinski definition) is 5. The van der Waals surface area contributed by atoms with Gasteiger partial charge in [0.1, 0.15) is 11.5 Å². The highest BCUT2D eigenvalue weighted by atomic mass is 32.2. The normalized spacial score (nSPS) is 13.0. The summed E-state index contributed by atoms with van der Waals surface area (Å²) in [6.45, 7) is 0.387. The van der Waals surface area contributed by atoms with E-state index >= 15 is 0 Å². The number of rotatable bonds is 2. The highest BCUT2D eigenvalue weighted by Gasteiger charge is 2.15. The van der Waals surface area contributed by atoms with Crippen LogP contribution in [0.3, 0.4) is 0 Å². The van der Waals surface area contributed by atoms with Crippen LogP contribution in [0.4, 0.5) is 0 Å². The van der Waals surface area contributed by atoms with Crippen LogP contribution in [-0.2, 0) is 14.9 Å². The Balaban J connectivity index is 0.000000505. The highest BCUT2D eigenvalue weighted by molar-refractivity contribution is 7.85. The molecule has 0 unspecified atom stereocenters. The number of hydrogen-bond donors (Lipinski definition) is 3. The van der Waals surface area contributed by atoms with Gasteiger partial charge in [0, 0.05) is 23.6 Å². The predicted octanol–water partition coefficient (Wildman–Crippen LogP) is 0.165. The Morgan fingerprint density at radius 3 is 2.54 bits per heavy atom. The predicted molar refractivity (Wildman–Crippen MR) is 89.4 cm³/mol. The molecular formula is C14H19N3O6S. The van der Waals surface area contributed by atoms with Gasteiger partial charge in [-0.25, -0.2) is 0 Å². The van der Waals surface area contributed by atoms with Crippen molar-refractivity contribution in [1.29, 1.82) is 0 Å². The van der Waals surface area contributed by atoms with Crippen LogP contribution in [0.15, 0.2) is 28.8 Å². The number of benzene rings is 1. The van der Waals surface area contributed by atoms with E-state index in [4.69, 9.17) is 25.5 Å². The van der Waals surface area contributed by atoms with Crippen LogP contribution in [0.5, 0.6) is 11.5 Å². The first-order valence-electron chi connectivity index (χ1n) is 6.68. The fourth-order valence-electron chi connectivity index (χ4n) is 1.77. The lowest BCUT2D eigenvalue weighted by atomic mass is 10.1. The van der Waals surface area contributed by atoms with Crippen LogP contribution < -0.4 is 20.9 Å². The van der Waals surface area contributed by atoms with E-state index < -0.39 is 16.0 Å². The number of ether oxygens (including phenoxy) is 2. The molecule has 2 rings (SSSR count). The van der Waals surface area contributed by atoms with Gasteiger partial charge in [-0.3, -0.25) is 9.35 Å². The van der Waals surface area contributed by atoms with Gasteiger partial charge in [0.25, 0.3) is 16.0 Å². The summed E-state index contributed by atoms with van der Waals surface area (Å²) < 4.78 is 36.6. The Kier molecular flexibility index (Phi) is 6.74. The van der Waals surface area contributed by atoms with Gasteiger partial charge in [0.05, 0.1) is 20.0 Å². The molecule has 24 heavy (non-hydrogen) atoms. The van der Waals surface area contributed by atoms with Crippen LogP contribution in [0.25, 0.3) is 6.08 Å². The molecule has 1 aliphatic heterocycles. The fraction of sp³-hybridized carbons (Fsp3) is 0.286. The first-order chi connectivity index (χ1) is 11.1. The van der Waals surface area contributed by atoms with Gasteiger partial charge < -0.3 is 20.9 Å². The van der Waals surface area contributed by atoms with Crippen LogP contribution >= 0.6 is 0 Å². The average Bonchev–Trinajstić information content (AvgIpc) is 2.66. The zero-order chi connectivity index (χ0) is 18.3. The molecule has 0 spiro atoms. The quantitative estimate of drug-likeness (QED) is 0.384. The summed E-state index contributed by atoms with van der Waals surface area (Å²) in [6, 6.07) is 5.40. The third-order valence-corrected chi connectivity index (χ3v) is 2.68. The molecule has 1 amide bonds. The molecule has 0 radical (unpaired) electrons. The van der Waals surface area contributed by atoms with Crippen LogP contribution in [0, 0.1) is 0 Å². The van der Waals surface area contributed by atoms with Crippen LogP contribution in [0.2, 0.25) is 0 Å². The van der Waals surface area contributed by atoms with E-state index in [2.05, 4.69) is 4.99 Å². The molecule has 0 saturated carbocycles. The lowest BCUT2D eigenvalue weighted by Gasteiger charge is -2.07. The number of amides is 1. The Hall–Kier alpha value is -2.59. The maximum atomic E-state index is 11.8. The van der Waals surface area contributed by atoms with Gasteiger partial charge in [0.2, 0.25) is 0 Å². The smallest absolute Gasteiger partial charge is 0.276 e. The van der Waals surface area contributed by atoms with Gasteiger partial charge in [-0.1, -0.05) is 0 Å². The lowest BCUT2D eigenvalue weighted by molar-refractivity contribution is -0.114. The second-order valence-electron chi connectivity index (χ2n) is 4.75. The van der Waals surface area contributed by atoms with Crippen molar-refractivity contribution in [1.82, 2.24) is 0 Å². The molecule has 5 N–H and O–H groups in total. The minimum atomic E-state index is -3.67.